The van der Waals surface area contributed by atoms with Gasteiger partial charge in [-0.2, -0.15) is 0 Å². The van der Waals surface area contributed by atoms with Gasteiger partial charge in [-0.1, -0.05) is 39.5 Å². The van der Waals surface area contributed by atoms with Gasteiger partial charge in [0, 0.05) is 24.7 Å². The van der Waals surface area contributed by atoms with Crippen LogP contribution in [-0.2, 0) is 0 Å². The summed E-state index contributed by atoms with van der Waals surface area (Å²) in [4.78, 5) is 2.70. The first-order valence-corrected chi connectivity index (χ1v) is 8.00. The summed E-state index contributed by atoms with van der Waals surface area (Å²) in [5.41, 5.74) is 6.34. The maximum Gasteiger partial charge on any atom is 0.0306 e. The Labute approximate surface area is 114 Å². The number of rotatable bonds is 7. The van der Waals surface area contributed by atoms with Crippen molar-refractivity contribution in [1.29, 1.82) is 0 Å². The average molecular weight is 254 g/mol. The Hall–Kier alpha value is -0.0800. The quantitative estimate of drug-likeness (QED) is 0.700. The second-order valence-electron chi connectivity index (χ2n) is 6.70. The van der Waals surface area contributed by atoms with E-state index < -0.39 is 0 Å². The molecule has 1 rings (SSSR count). The number of likely N-dealkylation sites (tertiary alicyclic amines) is 1. The van der Waals surface area contributed by atoms with Crippen LogP contribution in [0.25, 0.3) is 0 Å². The molecule has 3 atom stereocenters. The van der Waals surface area contributed by atoms with Gasteiger partial charge in [-0.05, 0) is 39.0 Å². The Morgan fingerprint density at radius 3 is 2.50 bits per heavy atom. The van der Waals surface area contributed by atoms with Crippen molar-refractivity contribution < 1.29 is 0 Å². The summed E-state index contributed by atoms with van der Waals surface area (Å²) in [6.45, 7) is 11.5. The van der Waals surface area contributed by atoms with Crippen LogP contribution >= 0.6 is 0 Å². The van der Waals surface area contributed by atoms with Gasteiger partial charge in [0.2, 0.25) is 0 Å². The number of nitrogens with zero attached hydrogens (tertiary/aromatic N) is 1. The van der Waals surface area contributed by atoms with E-state index in [1.165, 1.54) is 51.5 Å². The Kier molecular flexibility index (Phi) is 6.65. The zero-order valence-corrected chi connectivity index (χ0v) is 13.0. The standard InChI is InChI=1S/C16H34N2/c1-5-6-7-8-11-16(4,13-17)18-12-14(2)9-10-15(18)3/h14-15H,5-13,17H2,1-4H3. The van der Waals surface area contributed by atoms with Crippen LogP contribution < -0.4 is 5.73 Å². The molecular formula is C16H34N2. The van der Waals surface area contributed by atoms with Crippen LogP contribution in [0.15, 0.2) is 0 Å². The van der Waals surface area contributed by atoms with E-state index in [4.69, 9.17) is 5.73 Å². The monoisotopic (exact) mass is 254 g/mol. The van der Waals surface area contributed by atoms with Crippen LogP contribution in [0.1, 0.15) is 72.6 Å². The van der Waals surface area contributed by atoms with Crippen LogP contribution in [0.4, 0.5) is 0 Å². The maximum atomic E-state index is 6.12. The third kappa shape index (κ3) is 4.24. The highest BCUT2D eigenvalue weighted by atomic mass is 15.2. The van der Waals surface area contributed by atoms with E-state index in [0.717, 1.165) is 12.5 Å². The topological polar surface area (TPSA) is 29.3 Å². The summed E-state index contributed by atoms with van der Waals surface area (Å²) >= 11 is 0. The first kappa shape index (κ1) is 16.0. The van der Waals surface area contributed by atoms with Crippen molar-refractivity contribution in [3.05, 3.63) is 0 Å². The molecule has 2 N–H and O–H groups in total. The molecule has 0 aromatic heterocycles. The SMILES string of the molecule is CCCCCCC(C)(CN)N1CC(C)CCC1C. The molecule has 0 aromatic rings. The van der Waals surface area contributed by atoms with Crippen LogP contribution in [0.3, 0.4) is 0 Å². The maximum absolute atomic E-state index is 6.12. The lowest BCUT2D eigenvalue weighted by molar-refractivity contribution is 0.0144. The molecule has 1 aliphatic rings. The predicted molar refractivity (Wildman–Crippen MR) is 80.8 cm³/mol. The molecule has 0 amide bonds. The number of nitrogens with two attached hydrogens (primary N) is 1. The highest BCUT2D eigenvalue weighted by Crippen LogP contribution is 2.31. The Morgan fingerprint density at radius 1 is 1.17 bits per heavy atom. The van der Waals surface area contributed by atoms with Gasteiger partial charge in [0.1, 0.15) is 0 Å². The Balaban J connectivity index is 2.54. The molecule has 0 spiro atoms. The number of hydrogen-bond acceptors (Lipinski definition) is 2. The third-order valence-corrected chi connectivity index (χ3v) is 4.82. The zero-order valence-electron chi connectivity index (χ0n) is 13.0. The van der Waals surface area contributed by atoms with Crippen LogP contribution in [0.2, 0.25) is 0 Å². The first-order valence-electron chi connectivity index (χ1n) is 8.00. The molecule has 1 saturated heterocycles. The molecule has 2 nitrogen and oxygen atoms in total. The molecule has 0 aromatic carbocycles. The van der Waals surface area contributed by atoms with Gasteiger partial charge in [-0.25, -0.2) is 0 Å². The van der Waals surface area contributed by atoms with E-state index in [1.54, 1.807) is 0 Å². The molecular weight excluding hydrogens is 220 g/mol. The second kappa shape index (κ2) is 7.49. The van der Waals surface area contributed by atoms with Gasteiger partial charge in [-0.3, -0.25) is 4.90 Å². The fourth-order valence-electron chi connectivity index (χ4n) is 3.34. The van der Waals surface area contributed by atoms with E-state index in [-0.39, 0.29) is 5.54 Å². The van der Waals surface area contributed by atoms with Gasteiger partial charge in [-0.15, -0.1) is 0 Å². The Morgan fingerprint density at radius 2 is 1.89 bits per heavy atom. The van der Waals surface area contributed by atoms with Crippen LogP contribution in [0, 0.1) is 5.92 Å². The zero-order chi connectivity index (χ0) is 13.6. The van der Waals surface area contributed by atoms with E-state index in [0.29, 0.717) is 6.04 Å². The third-order valence-electron chi connectivity index (χ3n) is 4.82. The summed E-state index contributed by atoms with van der Waals surface area (Å²) < 4.78 is 0. The van der Waals surface area contributed by atoms with E-state index in [2.05, 4.69) is 32.6 Å². The van der Waals surface area contributed by atoms with Crippen molar-refractivity contribution in [3.8, 4) is 0 Å². The molecule has 0 radical (unpaired) electrons. The average Bonchev–Trinajstić information content (AvgIpc) is 2.37. The van der Waals surface area contributed by atoms with Crippen molar-refractivity contribution in [2.45, 2.75) is 84.2 Å². The summed E-state index contributed by atoms with van der Waals surface area (Å²) in [6, 6.07) is 0.709. The number of piperidine rings is 1. The van der Waals surface area contributed by atoms with E-state index >= 15 is 0 Å². The summed E-state index contributed by atoms with van der Waals surface area (Å²) in [7, 11) is 0. The van der Waals surface area contributed by atoms with Crippen molar-refractivity contribution in [2.75, 3.05) is 13.1 Å². The molecule has 18 heavy (non-hydrogen) atoms. The molecule has 1 heterocycles. The molecule has 0 aliphatic carbocycles. The second-order valence-corrected chi connectivity index (χ2v) is 6.70. The molecule has 2 heteroatoms. The molecule has 0 saturated carbocycles. The lowest BCUT2D eigenvalue weighted by Crippen LogP contribution is -2.58. The highest BCUT2D eigenvalue weighted by Gasteiger charge is 2.36. The lowest BCUT2D eigenvalue weighted by Gasteiger charge is -2.48. The lowest BCUT2D eigenvalue weighted by atomic mass is 9.85. The molecule has 3 unspecified atom stereocenters. The minimum Gasteiger partial charge on any atom is -0.329 e. The fraction of sp³-hybridized carbons (Fsp3) is 1.00. The van der Waals surface area contributed by atoms with Crippen molar-refractivity contribution in [3.63, 3.8) is 0 Å². The van der Waals surface area contributed by atoms with Gasteiger partial charge in [0.05, 0.1) is 0 Å². The van der Waals surface area contributed by atoms with Crippen molar-refractivity contribution in [1.82, 2.24) is 4.90 Å². The molecule has 1 aliphatic heterocycles. The van der Waals surface area contributed by atoms with Gasteiger partial charge < -0.3 is 5.73 Å². The molecule has 108 valence electrons. The predicted octanol–water partition coefficient (Wildman–Crippen LogP) is 3.79. The smallest absolute Gasteiger partial charge is 0.0306 e. The molecule has 0 bridgehead atoms. The Bertz CT molecular complexity index is 229. The minimum absolute atomic E-state index is 0.224. The van der Waals surface area contributed by atoms with Crippen molar-refractivity contribution >= 4 is 0 Å². The number of hydrogen-bond donors (Lipinski definition) is 1. The normalized spacial score (nSPS) is 29.2. The van der Waals surface area contributed by atoms with Crippen molar-refractivity contribution in [2.24, 2.45) is 11.7 Å². The molecule has 1 fully saturated rings. The van der Waals surface area contributed by atoms with Gasteiger partial charge in [0.15, 0.2) is 0 Å². The summed E-state index contributed by atoms with van der Waals surface area (Å²) in [6.07, 6.45) is 9.37. The largest absolute Gasteiger partial charge is 0.329 e. The van der Waals surface area contributed by atoms with Crippen LogP contribution in [0.5, 0.6) is 0 Å². The van der Waals surface area contributed by atoms with E-state index in [9.17, 15) is 0 Å². The highest BCUT2D eigenvalue weighted by molar-refractivity contribution is 4.93. The van der Waals surface area contributed by atoms with Gasteiger partial charge >= 0.3 is 0 Å². The van der Waals surface area contributed by atoms with Crippen LogP contribution in [-0.4, -0.2) is 29.6 Å². The number of unbranched alkanes of at least 4 members (excludes halogenated alkanes) is 3. The first-order chi connectivity index (χ1) is 8.53. The van der Waals surface area contributed by atoms with E-state index in [1.807, 2.05) is 0 Å². The summed E-state index contributed by atoms with van der Waals surface area (Å²) in [5.74, 6) is 0.836. The summed E-state index contributed by atoms with van der Waals surface area (Å²) in [5, 5.41) is 0. The minimum atomic E-state index is 0.224. The fourth-order valence-corrected chi connectivity index (χ4v) is 3.34. The van der Waals surface area contributed by atoms with Gasteiger partial charge in [0.25, 0.3) is 0 Å².